The van der Waals surface area contributed by atoms with Crippen molar-refractivity contribution in [2.45, 2.75) is 58.5 Å². The zero-order valence-corrected chi connectivity index (χ0v) is 20.5. The topological polar surface area (TPSA) is 106 Å². The van der Waals surface area contributed by atoms with Crippen LogP contribution in [0.3, 0.4) is 0 Å². The van der Waals surface area contributed by atoms with Gasteiger partial charge in [0.15, 0.2) is 5.13 Å². The van der Waals surface area contributed by atoms with Crippen LogP contribution in [0.25, 0.3) is 0 Å². The lowest BCUT2D eigenvalue weighted by molar-refractivity contribution is 0.103. The molecule has 0 spiro atoms. The molecule has 6 nitrogen and oxygen atoms in total. The number of hydrogen-bond acceptors (Lipinski definition) is 8. The van der Waals surface area contributed by atoms with Crippen LogP contribution in [0.4, 0.5) is 19.7 Å². The molecule has 1 aromatic carbocycles. The standard InChI is InChI=1S/C18H22F2N4OS.C4H11NS/c1-22-9-10-7-12(19)14(13(20)8-10)15(25)16-17(21)24-18(26-16)23-11-5-3-2-4-6-11;1-4(2)3-6-5/h7-8,11,22H,2-6,9,21H2,1H3,(H,23,24);4H,3,5H2,1-2H3. The fraction of sp³-hybridized carbons (Fsp3) is 0.545. The van der Waals surface area contributed by atoms with Crippen LogP contribution in [-0.2, 0) is 6.54 Å². The Morgan fingerprint density at radius 3 is 2.38 bits per heavy atom. The smallest absolute Gasteiger partial charge is 0.212 e. The highest BCUT2D eigenvalue weighted by Crippen LogP contribution is 2.31. The van der Waals surface area contributed by atoms with E-state index in [1.54, 1.807) is 7.05 Å². The van der Waals surface area contributed by atoms with E-state index in [0.717, 1.165) is 60.8 Å². The molecule has 0 saturated heterocycles. The maximum Gasteiger partial charge on any atom is 0.212 e. The second-order valence-corrected chi connectivity index (χ2v) is 9.90. The molecular formula is C22H33F2N5OS2. The summed E-state index contributed by atoms with van der Waals surface area (Å²) in [4.78, 5) is 16.9. The van der Waals surface area contributed by atoms with E-state index in [2.05, 4.69) is 29.5 Å². The molecular weight excluding hydrogens is 452 g/mol. The molecule has 1 saturated carbocycles. The van der Waals surface area contributed by atoms with Crippen LogP contribution < -0.4 is 21.5 Å². The highest BCUT2D eigenvalue weighted by molar-refractivity contribution is 7.97. The van der Waals surface area contributed by atoms with Gasteiger partial charge in [-0.3, -0.25) is 9.93 Å². The average Bonchev–Trinajstić information content (AvgIpc) is 3.09. The van der Waals surface area contributed by atoms with E-state index in [9.17, 15) is 13.6 Å². The molecule has 1 aliphatic rings. The summed E-state index contributed by atoms with van der Waals surface area (Å²) in [5, 5.41) is 11.8. The lowest BCUT2D eigenvalue weighted by atomic mass is 9.96. The normalized spacial score (nSPS) is 14.2. The third-order valence-corrected chi connectivity index (χ3v) is 6.79. The van der Waals surface area contributed by atoms with Gasteiger partial charge in [-0.2, -0.15) is 0 Å². The lowest BCUT2D eigenvalue weighted by Gasteiger charge is -2.22. The van der Waals surface area contributed by atoms with Crippen LogP contribution in [0.1, 0.15) is 66.8 Å². The van der Waals surface area contributed by atoms with Gasteiger partial charge < -0.3 is 16.4 Å². The molecule has 1 fully saturated rings. The Morgan fingerprint density at radius 2 is 1.88 bits per heavy atom. The first-order chi connectivity index (χ1) is 15.3. The summed E-state index contributed by atoms with van der Waals surface area (Å²) in [5.74, 6) is -0.760. The predicted octanol–water partition coefficient (Wildman–Crippen LogP) is 4.95. The van der Waals surface area contributed by atoms with Gasteiger partial charge in [0.25, 0.3) is 0 Å². The molecule has 1 aromatic heterocycles. The summed E-state index contributed by atoms with van der Waals surface area (Å²) < 4.78 is 28.6. The van der Waals surface area contributed by atoms with Crippen molar-refractivity contribution in [3.8, 4) is 0 Å². The molecule has 178 valence electrons. The van der Waals surface area contributed by atoms with Crippen LogP contribution >= 0.6 is 23.3 Å². The number of nitrogens with one attached hydrogen (secondary N) is 2. The minimum absolute atomic E-state index is 0.00332. The zero-order chi connectivity index (χ0) is 23.7. The van der Waals surface area contributed by atoms with Crippen molar-refractivity contribution in [1.82, 2.24) is 10.3 Å². The van der Waals surface area contributed by atoms with Crippen molar-refractivity contribution < 1.29 is 13.6 Å². The summed E-state index contributed by atoms with van der Waals surface area (Å²) in [6.45, 7) is 4.61. The van der Waals surface area contributed by atoms with Crippen molar-refractivity contribution in [1.29, 1.82) is 0 Å². The Hall–Kier alpha value is -1.75. The molecule has 0 unspecified atom stereocenters. The maximum absolute atomic E-state index is 14.3. The number of nitrogens with two attached hydrogens (primary N) is 2. The molecule has 6 N–H and O–H groups in total. The van der Waals surface area contributed by atoms with Crippen LogP contribution in [0.5, 0.6) is 0 Å². The third kappa shape index (κ3) is 7.68. The molecule has 0 amide bonds. The minimum atomic E-state index is -0.894. The van der Waals surface area contributed by atoms with Crippen molar-refractivity contribution in [2.24, 2.45) is 11.1 Å². The molecule has 2 aromatic rings. The SMILES string of the molecule is CC(C)CSN.CNCc1cc(F)c(C(=O)c2sc(NC3CCCCC3)nc2N)c(F)c1. The maximum atomic E-state index is 14.3. The first kappa shape index (κ1) is 26.5. The lowest BCUT2D eigenvalue weighted by Crippen LogP contribution is -2.22. The predicted molar refractivity (Wildman–Crippen MR) is 131 cm³/mol. The number of rotatable bonds is 8. The number of carbonyl (C=O) groups excluding carboxylic acids is 1. The number of thiazole rings is 1. The molecule has 0 atom stereocenters. The Kier molecular flexibility index (Phi) is 10.8. The second kappa shape index (κ2) is 13.1. The van der Waals surface area contributed by atoms with E-state index < -0.39 is 23.0 Å². The molecule has 0 aliphatic heterocycles. The number of anilines is 2. The van der Waals surface area contributed by atoms with E-state index in [-0.39, 0.29) is 10.7 Å². The largest absolute Gasteiger partial charge is 0.382 e. The first-order valence-corrected chi connectivity index (χ1v) is 12.6. The molecule has 0 bridgehead atoms. The molecule has 3 rings (SSSR count). The molecule has 32 heavy (non-hydrogen) atoms. The summed E-state index contributed by atoms with van der Waals surface area (Å²) in [5.41, 5.74) is 5.68. The zero-order valence-electron chi connectivity index (χ0n) is 18.8. The number of nitrogens with zero attached hydrogens (tertiary/aromatic N) is 1. The fourth-order valence-electron chi connectivity index (χ4n) is 3.43. The van der Waals surface area contributed by atoms with E-state index in [1.165, 1.54) is 18.4 Å². The van der Waals surface area contributed by atoms with Crippen molar-refractivity contribution >= 4 is 40.0 Å². The monoisotopic (exact) mass is 485 g/mol. The molecule has 0 radical (unpaired) electrons. The van der Waals surface area contributed by atoms with Gasteiger partial charge >= 0.3 is 0 Å². The number of nitrogen functional groups attached to an aromatic ring is 1. The van der Waals surface area contributed by atoms with Gasteiger partial charge in [-0.1, -0.05) is 56.4 Å². The van der Waals surface area contributed by atoms with Gasteiger partial charge in [-0.15, -0.1) is 0 Å². The van der Waals surface area contributed by atoms with Crippen molar-refractivity contribution in [2.75, 3.05) is 23.9 Å². The number of carbonyl (C=O) groups is 1. The van der Waals surface area contributed by atoms with Gasteiger partial charge in [-0.25, -0.2) is 13.8 Å². The fourth-order valence-corrected chi connectivity index (χ4v) is 4.73. The van der Waals surface area contributed by atoms with Gasteiger partial charge in [0.2, 0.25) is 5.78 Å². The summed E-state index contributed by atoms with van der Waals surface area (Å²) >= 11 is 2.46. The average molecular weight is 486 g/mol. The van der Waals surface area contributed by atoms with Crippen molar-refractivity contribution in [3.63, 3.8) is 0 Å². The minimum Gasteiger partial charge on any atom is -0.382 e. The number of ketones is 1. The van der Waals surface area contributed by atoms with Gasteiger partial charge in [0.05, 0.1) is 5.56 Å². The molecule has 1 heterocycles. The highest BCUT2D eigenvalue weighted by atomic mass is 32.2. The van der Waals surface area contributed by atoms with Crippen molar-refractivity contribution in [3.05, 3.63) is 39.8 Å². The van der Waals surface area contributed by atoms with Gasteiger partial charge in [-0.05, 0) is 43.5 Å². The number of aromatic nitrogens is 1. The van der Waals surface area contributed by atoms with Crippen LogP contribution in [-0.4, -0.2) is 29.6 Å². The van der Waals surface area contributed by atoms with Crippen LogP contribution in [0.2, 0.25) is 0 Å². The van der Waals surface area contributed by atoms with E-state index in [4.69, 9.17) is 10.9 Å². The highest BCUT2D eigenvalue weighted by Gasteiger charge is 2.25. The number of hydrogen-bond donors (Lipinski definition) is 4. The Labute approximate surface area is 197 Å². The van der Waals surface area contributed by atoms with E-state index in [0.29, 0.717) is 23.3 Å². The van der Waals surface area contributed by atoms with E-state index in [1.807, 2.05) is 0 Å². The molecule has 1 aliphatic carbocycles. The summed E-state index contributed by atoms with van der Waals surface area (Å²) in [6, 6.07) is 2.61. The third-order valence-electron chi connectivity index (χ3n) is 4.93. The Morgan fingerprint density at radius 1 is 1.25 bits per heavy atom. The van der Waals surface area contributed by atoms with Crippen LogP contribution in [0, 0.1) is 17.6 Å². The second-order valence-electron chi connectivity index (χ2n) is 8.23. The Bertz CT molecular complexity index is 862. The summed E-state index contributed by atoms with van der Waals surface area (Å²) in [7, 11) is 1.67. The number of benzene rings is 1. The first-order valence-electron chi connectivity index (χ1n) is 10.8. The summed E-state index contributed by atoms with van der Waals surface area (Å²) in [6.07, 6.45) is 5.61. The molecule has 10 heteroatoms. The van der Waals surface area contributed by atoms with Gasteiger partial charge in [0.1, 0.15) is 22.3 Å². The Balaban J connectivity index is 0.000000534. The van der Waals surface area contributed by atoms with E-state index >= 15 is 0 Å². The quantitative estimate of drug-likeness (QED) is 0.310. The van der Waals surface area contributed by atoms with Crippen LogP contribution in [0.15, 0.2) is 12.1 Å². The van der Waals surface area contributed by atoms with Gasteiger partial charge in [0, 0.05) is 18.3 Å². The number of halogens is 2.